The summed E-state index contributed by atoms with van der Waals surface area (Å²) >= 11 is 0. The van der Waals surface area contributed by atoms with Gasteiger partial charge in [-0.05, 0) is 113 Å². The average molecular weight is 659 g/mol. The van der Waals surface area contributed by atoms with Crippen molar-refractivity contribution in [1.82, 2.24) is 0 Å². The van der Waals surface area contributed by atoms with Crippen LogP contribution >= 0.6 is 0 Å². The molecule has 2 aliphatic heterocycles. The molecule has 0 atom stereocenters. The van der Waals surface area contributed by atoms with Crippen LogP contribution in [0.2, 0.25) is 0 Å². The third-order valence-electron chi connectivity index (χ3n) is 10.8. The molecule has 254 valence electrons. The molecule has 2 nitrogen and oxygen atoms in total. The molecule has 0 amide bonds. The maximum absolute atomic E-state index is 6.86. The second-order valence-corrected chi connectivity index (χ2v) is 18.8. The predicted octanol–water partition coefficient (Wildman–Crippen LogP) is 14.6. The molecule has 6 aromatic carbocycles. The van der Waals surface area contributed by atoms with Gasteiger partial charge in [0.05, 0.1) is 0 Å². The molecule has 0 radical (unpaired) electrons. The fourth-order valence-electron chi connectivity index (χ4n) is 7.53. The molecule has 2 heterocycles. The van der Waals surface area contributed by atoms with E-state index < -0.39 is 0 Å². The molecule has 0 aliphatic carbocycles. The van der Waals surface area contributed by atoms with Crippen molar-refractivity contribution in [2.45, 2.75) is 105 Å². The predicted molar refractivity (Wildman–Crippen MR) is 214 cm³/mol. The highest BCUT2D eigenvalue weighted by Gasteiger charge is 2.27. The summed E-state index contributed by atoms with van der Waals surface area (Å²) in [6.45, 7) is 27.5. The van der Waals surface area contributed by atoms with Crippen LogP contribution in [0.1, 0.15) is 105 Å². The third kappa shape index (κ3) is 5.31. The summed E-state index contributed by atoms with van der Waals surface area (Å²) in [5.41, 5.74) is 16.1. The van der Waals surface area contributed by atoms with E-state index in [9.17, 15) is 0 Å². The van der Waals surface area contributed by atoms with Gasteiger partial charge in [0.15, 0.2) is 0 Å². The summed E-state index contributed by atoms with van der Waals surface area (Å²) in [7, 11) is 0. The molecule has 2 aliphatic rings. The van der Waals surface area contributed by atoms with Crippen LogP contribution in [0.15, 0.2) is 93.8 Å². The first-order valence-corrected chi connectivity index (χ1v) is 18.2. The van der Waals surface area contributed by atoms with E-state index in [0.717, 1.165) is 55.0 Å². The maximum atomic E-state index is 6.86. The Bertz CT molecular complexity index is 2310. The van der Waals surface area contributed by atoms with Crippen molar-refractivity contribution in [2.75, 3.05) is 0 Å². The van der Waals surface area contributed by atoms with Gasteiger partial charge in [-0.2, -0.15) is 0 Å². The highest BCUT2D eigenvalue weighted by molar-refractivity contribution is 6.24. The van der Waals surface area contributed by atoms with Gasteiger partial charge in [-0.3, -0.25) is 0 Å². The Kier molecular flexibility index (Phi) is 6.84. The summed E-state index contributed by atoms with van der Waals surface area (Å²) < 4.78 is 13.7. The van der Waals surface area contributed by atoms with Crippen molar-refractivity contribution < 1.29 is 8.83 Å². The van der Waals surface area contributed by atoms with Crippen molar-refractivity contribution in [3.63, 3.8) is 0 Å². The minimum atomic E-state index is 0.0376. The van der Waals surface area contributed by atoms with Crippen LogP contribution in [-0.4, -0.2) is 0 Å². The average Bonchev–Trinajstić information content (AvgIpc) is 3.03. The summed E-state index contributed by atoms with van der Waals surface area (Å²) in [5.74, 6) is 0. The van der Waals surface area contributed by atoms with Crippen molar-refractivity contribution >= 4 is 43.9 Å². The zero-order valence-corrected chi connectivity index (χ0v) is 31.9. The molecule has 0 spiro atoms. The lowest BCUT2D eigenvalue weighted by atomic mass is 9.78. The first-order valence-electron chi connectivity index (χ1n) is 18.2. The van der Waals surface area contributed by atoms with Gasteiger partial charge < -0.3 is 8.83 Å². The molecule has 50 heavy (non-hydrogen) atoms. The minimum absolute atomic E-state index is 0.0376. The van der Waals surface area contributed by atoms with Crippen LogP contribution in [0.25, 0.3) is 77.3 Å². The lowest BCUT2D eigenvalue weighted by Gasteiger charge is -2.27. The maximum Gasteiger partial charge on any atom is 0.136 e. The Morgan fingerprint density at radius 2 is 0.620 bits per heavy atom. The van der Waals surface area contributed by atoms with E-state index in [2.05, 4.69) is 168 Å². The Morgan fingerprint density at radius 1 is 0.320 bits per heavy atom. The van der Waals surface area contributed by atoms with Crippen molar-refractivity contribution in [3.8, 4) is 33.4 Å². The molecule has 2 heteroatoms. The number of rotatable bonds is 2. The van der Waals surface area contributed by atoms with Crippen LogP contribution < -0.4 is 0 Å². The first kappa shape index (κ1) is 32.6. The summed E-state index contributed by atoms with van der Waals surface area (Å²) in [5, 5.41) is 4.57. The van der Waals surface area contributed by atoms with Gasteiger partial charge in [0.2, 0.25) is 0 Å². The molecular formula is C48H50O2. The lowest BCUT2D eigenvalue weighted by molar-refractivity contribution is 0.568. The van der Waals surface area contributed by atoms with Gasteiger partial charge in [-0.25, -0.2) is 0 Å². The topological polar surface area (TPSA) is 26.3 Å². The Labute approximate surface area is 297 Å². The molecular weight excluding hydrogens is 609 g/mol. The van der Waals surface area contributed by atoms with Gasteiger partial charge in [-0.1, -0.05) is 132 Å². The molecule has 0 bridgehead atoms. The molecule has 8 rings (SSSR count). The Hall–Kier alpha value is -4.56. The standard InChI is InChI=1S/C48H50O2/c1-45(2,3)33-19-31(20-34(25-33)46(4,5)6)29-17-27-13-15-38-43-41(27)39(23-29)49-37-16-14-28-18-30(24-40(50-38)42(28)44(37)43)32-21-35(47(7,8)9)26-36(22-32)48(10,11)12/h13-26H,1-12H3. The summed E-state index contributed by atoms with van der Waals surface area (Å²) in [6.07, 6.45) is 0. The Balaban J connectivity index is 1.36. The summed E-state index contributed by atoms with van der Waals surface area (Å²) in [4.78, 5) is 0. The number of benzene rings is 6. The largest absolute Gasteiger partial charge is 0.456 e. The van der Waals surface area contributed by atoms with Crippen molar-refractivity contribution in [3.05, 3.63) is 107 Å². The van der Waals surface area contributed by atoms with E-state index in [0.29, 0.717) is 0 Å². The van der Waals surface area contributed by atoms with Gasteiger partial charge in [0.1, 0.15) is 22.3 Å². The van der Waals surface area contributed by atoms with E-state index in [-0.39, 0.29) is 21.7 Å². The fraction of sp³-hybridized carbons (Fsp3) is 0.333. The SMILES string of the molecule is CC(C)(C)c1cc(-c2cc3ccc4oc5cc(-c6cc(C(C)(C)C)cc(C(C)(C)C)c6)cc6ccc7oc(c2)c3c4-c7c65)cc(C(C)(C)C)c1. The van der Waals surface area contributed by atoms with Crippen molar-refractivity contribution in [1.29, 1.82) is 0 Å². The highest BCUT2D eigenvalue weighted by Crippen LogP contribution is 2.50. The van der Waals surface area contributed by atoms with Gasteiger partial charge >= 0.3 is 0 Å². The third-order valence-corrected chi connectivity index (χ3v) is 10.8. The minimum Gasteiger partial charge on any atom is -0.456 e. The second-order valence-electron chi connectivity index (χ2n) is 18.8. The normalized spacial score (nSPS) is 13.6. The zero-order valence-electron chi connectivity index (χ0n) is 31.9. The molecule has 0 unspecified atom stereocenters. The first-order chi connectivity index (χ1) is 23.3. The molecule has 0 fully saturated rings. The molecule has 0 aromatic heterocycles. The molecule has 0 N–H and O–H groups in total. The van der Waals surface area contributed by atoms with Crippen LogP contribution in [0, 0.1) is 0 Å². The van der Waals surface area contributed by atoms with E-state index in [1.54, 1.807) is 0 Å². The van der Waals surface area contributed by atoms with E-state index in [1.807, 2.05) is 0 Å². The van der Waals surface area contributed by atoms with Gasteiger partial charge in [-0.15, -0.1) is 0 Å². The molecule has 0 saturated carbocycles. The highest BCUT2D eigenvalue weighted by atomic mass is 16.3. The molecule has 0 saturated heterocycles. The fourth-order valence-corrected chi connectivity index (χ4v) is 7.53. The lowest BCUT2D eigenvalue weighted by Crippen LogP contribution is -2.16. The van der Waals surface area contributed by atoms with Gasteiger partial charge in [0.25, 0.3) is 0 Å². The van der Waals surface area contributed by atoms with E-state index >= 15 is 0 Å². The van der Waals surface area contributed by atoms with Gasteiger partial charge in [0, 0.05) is 21.9 Å². The van der Waals surface area contributed by atoms with Crippen LogP contribution in [0.5, 0.6) is 0 Å². The Morgan fingerprint density at radius 3 is 0.920 bits per heavy atom. The van der Waals surface area contributed by atoms with E-state index in [1.165, 1.54) is 44.5 Å². The smallest absolute Gasteiger partial charge is 0.136 e. The monoisotopic (exact) mass is 658 g/mol. The summed E-state index contributed by atoms with van der Waals surface area (Å²) in [6, 6.07) is 32.0. The van der Waals surface area contributed by atoms with Crippen molar-refractivity contribution in [2.24, 2.45) is 0 Å². The van der Waals surface area contributed by atoms with Crippen LogP contribution in [0.4, 0.5) is 0 Å². The molecule has 6 aromatic rings. The quantitative estimate of drug-likeness (QED) is 0.136. The van der Waals surface area contributed by atoms with Crippen LogP contribution in [0.3, 0.4) is 0 Å². The number of hydrogen-bond acceptors (Lipinski definition) is 2. The van der Waals surface area contributed by atoms with E-state index in [4.69, 9.17) is 8.83 Å². The second kappa shape index (κ2) is 10.5. The number of hydrogen-bond donors (Lipinski definition) is 0. The zero-order chi connectivity index (χ0) is 35.7. The van der Waals surface area contributed by atoms with Crippen LogP contribution in [-0.2, 0) is 21.7 Å².